The number of carbonyl (C=O) groups excluding carboxylic acids is 2. The van der Waals surface area contributed by atoms with Gasteiger partial charge in [0.05, 0.1) is 12.2 Å². The van der Waals surface area contributed by atoms with Crippen molar-refractivity contribution in [2.45, 2.75) is 0 Å². The minimum atomic E-state index is -0.523. The van der Waals surface area contributed by atoms with Crippen LogP contribution in [0.4, 0.5) is 0 Å². The maximum atomic E-state index is 12.0. The van der Waals surface area contributed by atoms with Gasteiger partial charge in [-0.1, -0.05) is 0 Å². The minimum Gasteiger partial charge on any atom is -0.452 e. The second-order valence-electron chi connectivity index (χ2n) is 4.76. The molecule has 1 amide bonds. The lowest BCUT2D eigenvalue weighted by Crippen LogP contribution is -2.50. The molecular formula is C14H19N3O4. The Morgan fingerprint density at radius 2 is 1.86 bits per heavy atom. The van der Waals surface area contributed by atoms with E-state index in [0.717, 1.165) is 13.1 Å². The number of aliphatic hydroxyl groups is 1. The molecule has 2 rings (SSSR count). The summed E-state index contributed by atoms with van der Waals surface area (Å²) in [5.74, 6) is -0.717. The molecule has 0 radical (unpaired) electrons. The second kappa shape index (κ2) is 7.70. The maximum absolute atomic E-state index is 12.0. The van der Waals surface area contributed by atoms with Crippen LogP contribution in [0.25, 0.3) is 0 Å². The third kappa shape index (κ3) is 4.51. The summed E-state index contributed by atoms with van der Waals surface area (Å²) in [4.78, 5) is 31.3. The Labute approximate surface area is 123 Å². The van der Waals surface area contributed by atoms with Gasteiger partial charge in [0, 0.05) is 45.1 Å². The number of ether oxygens (including phenoxy) is 1. The first-order chi connectivity index (χ1) is 10.2. The first-order valence-electron chi connectivity index (χ1n) is 6.89. The van der Waals surface area contributed by atoms with Crippen molar-refractivity contribution in [1.29, 1.82) is 0 Å². The van der Waals surface area contributed by atoms with Gasteiger partial charge in [-0.25, -0.2) is 4.79 Å². The summed E-state index contributed by atoms with van der Waals surface area (Å²) in [5.41, 5.74) is 0.380. The molecule has 0 aromatic carbocycles. The van der Waals surface area contributed by atoms with Crippen LogP contribution >= 0.6 is 0 Å². The molecule has 0 saturated carbocycles. The van der Waals surface area contributed by atoms with Crippen molar-refractivity contribution in [2.24, 2.45) is 0 Å². The van der Waals surface area contributed by atoms with Crippen LogP contribution in [0.1, 0.15) is 10.4 Å². The lowest BCUT2D eigenvalue weighted by molar-refractivity contribution is -0.136. The number of piperazine rings is 1. The van der Waals surface area contributed by atoms with Crippen LogP contribution in [0.3, 0.4) is 0 Å². The molecule has 1 aliphatic heterocycles. The van der Waals surface area contributed by atoms with Crippen molar-refractivity contribution in [3.63, 3.8) is 0 Å². The fourth-order valence-electron chi connectivity index (χ4n) is 2.15. The lowest BCUT2D eigenvalue weighted by atomic mass is 10.3. The average Bonchev–Trinajstić information content (AvgIpc) is 2.54. The van der Waals surface area contributed by atoms with Gasteiger partial charge in [0.15, 0.2) is 6.61 Å². The third-order valence-corrected chi connectivity index (χ3v) is 3.38. The highest BCUT2D eigenvalue weighted by Crippen LogP contribution is 2.04. The highest BCUT2D eigenvalue weighted by Gasteiger charge is 2.21. The molecule has 1 fully saturated rings. The Morgan fingerprint density at radius 1 is 1.19 bits per heavy atom. The first kappa shape index (κ1) is 15.4. The summed E-state index contributed by atoms with van der Waals surface area (Å²) in [6.45, 7) is 3.13. The van der Waals surface area contributed by atoms with Gasteiger partial charge in [0.25, 0.3) is 5.91 Å². The molecule has 0 spiro atoms. The standard InChI is InChI=1S/C14H19N3O4/c18-10-9-16-5-7-17(8-6-16)13(19)11-21-14(20)12-1-3-15-4-2-12/h1-4,18H,5-11H2. The number of aliphatic hydroxyl groups excluding tert-OH is 1. The van der Waals surface area contributed by atoms with Gasteiger partial charge in [0.2, 0.25) is 0 Å². The third-order valence-electron chi connectivity index (χ3n) is 3.38. The van der Waals surface area contributed by atoms with Crippen molar-refractivity contribution in [3.05, 3.63) is 30.1 Å². The predicted molar refractivity (Wildman–Crippen MR) is 74.6 cm³/mol. The van der Waals surface area contributed by atoms with E-state index < -0.39 is 5.97 Å². The molecule has 0 aliphatic carbocycles. The molecule has 2 heterocycles. The van der Waals surface area contributed by atoms with E-state index in [0.29, 0.717) is 25.2 Å². The topological polar surface area (TPSA) is 83.0 Å². The van der Waals surface area contributed by atoms with E-state index in [-0.39, 0.29) is 19.1 Å². The highest BCUT2D eigenvalue weighted by atomic mass is 16.5. The van der Waals surface area contributed by atoms with Gasteiger partial charge in [-0.2, -0.15) is 0 Å². The van der Waals surface area contributed by atoms with Gasteiger partial charge in [-0.3, -0.25) is 14.7 Å². The fraction of sp³-hybridized carbons (Fsp3) is 0.500. The number of carbonyl (C=O) groups is 2. The summed E-state index contributed by atoms with van der Waals surface area (Å²) >= 11 is 0. The van der Waals surface area contributed by atoms with Gasteiger partial charge in [-0.15, -0.1) is 0 Å². The Bertz CT molecular complexity index is 472. The molecule has 1 aliphatic rings. The number of nitrogens with zero attached hydrogens (tertiary/aromatic N) is 3. The molecular weight excluding hydrogens is 274 g/mol. The zero-order chi connectivity index (χ0) is 15.1. The van der Waals surface area contributed by atoms with Crippen LogP contribution in [0.2, 0.25) is 0 Å². The zero-order valence-corrected chi connectivity index (χ0v) is 11.8. The van der Waals surface area contributed by atoms with Gasteiger partial charge in [-0.05, 0) is 12.1 Å². The van der Waals surface area contributed by atoms with E-state index in [1.165, 1.54) is 12.4 Å². The molecule has 1 N–H and O–H groups in total. The molecule has 1 saturated heterocycles. The predicted octanol–water partition coefficient (Wildman–Crippen LogP) is -0.625. The Hall–Kier alpha value is -1.99. The average molecular weight is 293 g/mol. The molecule has 114 valence electrons. The number of rotatable bonds is 5. The molecule has 21 heavy (non-hydrogen) atoms. The number of aromatic nitrogens is 1. The van der Waals surface area contributed by atoms with Gasteiger partial charge in [0.1, 0.15) is 0 Å². The number of esters is 1. The minimum absolute atomic E-state index is 0.123. The van der Waals surface area contributed by atoms with Gasteiger partial charge >= 0.3 is 5.97 Å². The van der Waals surface area contributed by atoms with Crippen molar-refractivity contribution in [1.82, 2.24) is 14.8 Å². The quantitative estimate of drug-likeness (QED) is 0.728. The SMILES string of the molecule is O=C(OCC(=O)N1CCN(CCO)CC1)c1ccncc1. The summed E-state index contributed by atoms with van der Waals surface area (Å²) in [6.07, 6.45) is 3.00. The van der Waals surface area contributed by atoms with E-state index in [1.54, 1.807) is 17.0 Å². The molecule has 0 atom stereocenters. The summed E-state index contributed by atoms with van der Waals surface area (Å²) in [5, 5.41) is 8.86. The monoisotopic (exact) mass is 293 g/mol. The van der Waals surface area contributed by atoms with E-state index >= 15 is 0 Å². The Kier molecular flexibility index (Phi) is 5.65. The van der Waals surface area contributed by atoms with E-state index in [9.17, 15) is 9.59 Å². The normalized spacial score (nSPS) is 15.8. The van der Waals surface area contributed by atoms with Crippen LogP contribution in [-0.4, -0.2) is 77.7 Å². The summed E-state index contributed by atoms with van der Waals surface area (Å²) in [7, 11) is 0. The van der Waals surface area contributed by atoms with Crippen LogP contribution in [0, 0.1) is 0 Å². The lowest BCUT2D eigenvalue weighted by Gasteiger charge is -2.34. The zero-order valence-electron chi connectivity index (χ0n) is 11.8. The van der Waals surface area contributed by atoms with E-state index in [1.807, 2.05) is 0 Å². The number of amides is 1. The van der Waals surface area contributed by atoms with Crippen molar-refractivity contribution >= 4 is 11.9 Å². The number of hydrogen-bond acceptors (Lipinski definition) is 6. The van der Waals surface area contributed by atoms with Gasteiger partial charge < -0.3 is 14.7 Å². The van der Waals surface area contributed by atoms with Crippen molar-refractivity contribution in [2.75, 3.05) is 45.9 Å². The second-order valence-corrected chi connectivity index (χ2v) is 4.76. The molecule has 0 unspecified atom stereocenters. The molecule has 0 bridgehead atoms. The highest BCUT2D eigenvalue weighted by molar-refractivity contribution is 5.91. The Morgan fingerprint density at radius 3 is 2.48 bits per heavy atom. The van der Waals surface area contributed by atoms with Crippen molar-refractivity contribution in [3.8, 4) is 0 Å². The van der Waals surface area contributed by atoms with Crippen LogP contribution in [-0.2, 0) is 9.53 Å². The largest absolute Gasteiger partial charge is 0.452 e. The first-order valence-corrected chi connectivity index (χ1v) is 6.89. The van der Waals surface area contributed by atoms with E-state index in [4.69, 9.17) is 9.84 Å². The summed E-state index contributed by atoms with van der Waals surface area (Å²) in [6, 6.07) is 3.08. The number of hydrogen-bond donors (Lipinski definition) is 1. The van der Waals surface area contributed by atoms with Crippen LogP contribution in [0.5, 0.6) is 0 Å². The molecule has 1 aromatic heterocycles. The Balaban J connectivity index is 1.74. The maximum Gasteiger partial charge on any atom is 0.338 e. The smallest absolute Gasteiger partial charge is 0.338 e. The van der Waals surface area contributed by atoms with Crippen molar-refractivity contribution < 1.29 is 19.4 Å². The molecule has 7 nitrogen and oxygen atoms in total. The van der Waals surface area contributed by atoms with Crippen LogP contribution in [0.15, 0.2) is 24.5 Å². The molecule has 7 heteroatoms. The molecule has 1 aromatic rings. The number of β-amino-alcohol motifs (C(OH)–C–C–N with tert-alkyl or cyclic N) is 1. The van der Waals surface area contributed by atoms with Crippen LogP contribution < -0.4 is 0 Å². The number of pyridine rings is 1. The fourth-order valence-corrected chi connectivity index (χ4v) is 2.15. The summed E-state index contributed by atoms with van der Waals surface area (Å²) < 4.78 is 5.01. The van der Waals surface area contributed by atoms with E-state index in [2.05, 4.69) is 9.88 Å².